The molecule has 0 aliphatic rings. The molecule has 16 heavy (non-hydrogen) atoms. The Kier molecular flexibility index (Phi) is 2.52. The highest BCUT2D eigenvalue weighted by atomic mass is 19.1. The minimum atomic E-state index is -0.734. The van der Waals surface area contributed by atoms with Crippen molar-refractivity contribution in [3.63, 3.8) is 0 Å². The number of halogens is 2. The predicted octanol–water partition coefficient (Wildman–Crippen LogP) is 2.18. The van der Waals surface area contributed by atoms with E-state index in [4.69, 9.17) is 0 Å². The van der Waals surface area contributed by atoms with E-state index < -0.39 is 11.6 Å². The summed E-state index contributed by atoms with van der Waals surface area (Å²) in [6, 6.07) is 3.51. The molecule has 0 saturated carbocycles. The van der Waals surface area contributed by atoms with E-state index in [2.05, 4.69) is 5.10 Å². The Labute approximate surface area is 90.3 Å². The molecule has 0 N–H and O–H groups in total. The van der Waals surface area contributed by atoms with Crippen LogP contribution < -0.4 is 0 Å². The van der Waals surface area contributed by atoms with E-state index in [1.165, 1.54) is 16.9 Å². The van der Waals surface area contributed by atoms with Gasteiger partial charge in [0, 0.05) is 13.2 Å². The molecule has 3 nitrogen and oxygen atoms in total. The van der Waals surface area contributed by atoms with E-state index in [1.807, 2.05) is 0 Å². The number of aryl methyl sites for hydroxylation is 1. The van der Waals surface area contributed by atoms with Crippen LogP contribution in [0.2, 0.25) is 0 Å². The molecule has 2 rings (SSSR count). The standard InChI is InChI=1S/C11H8F2N2O/c1-15-5-7(6-16)11(14-15)10-8(12)3-2-4-9(10)13/h2-6H,1H3. The molecule has 0 fully saturated rings. The van der Waals surface area contributed by atoms with Gasteiger partial charge in [-0.25, -0.2) is 8.78 Å². The second kappa shape index (κ2) is 3.84. The molecule has 82 valence electrons. The van der Waals surface area contributed by atoms with Crippen molar-refractivity contribution in [3.8, 4) is 11.3 Å². The molecule has 0 saturated heterocycles. The number of rotatable bonds is 2. The van der Waals surface area contributed by atoms with Crippen LogP contribution >= 0.6 is 0 Å². The van der Waals surface area contributed by atoms with Crippen molar-refractivity contribution >= 4 is 6.29 Å². The summed E-state index contributed by atoms with van der Waals surface area (Å²) >= 11 is 0. The predicted molar refractivity (Wildman–Crippen MR) is 53.9 cm³/mol. The Morgan fingerprint density at radius 3 is 2.50 bits per heavy atom. The van der Waals surface area contributed by atoms with E-state index in [1.54, 1.807) is 7.05 Å². The lowest BCUT2D eigenvalue weighted by Gasteiger charge is -2.01. The molecule has 1 aromatic heterocycles. The molecule has 0 spiro atoms. The lowest BCUT2D eigenvalue weighted by atomic mass is 10.1. The van der Waals surface area contributed by atoms with Crippen LogP contribution in [0, 0.1) is 11.6 Å². The van der Waals surface area contributed by atoms with Gasteiger partial charge in [0.2, 0.25) is 0 Å². The minimum absolute atomic E-state index is 0.0214. The van der Waals surface area contributed by atoms with Gasteiger partial charge < -0.3 is 0 Å². The van der Waals surface area contributed by atoms with Gasteiger partial charge in [-0.05, 0) is 12.1 Å². The molecule has 0 amide bonds. The highest BCUT2D eigenvalue weighted by Gasteiger charge is 2.17. The third-order valence-electron chi connectivity index (χ3n) is 2.18. The summed E-state index contributed by atoms with van der Waals surface area (Å²) in [5.41, 5.74) is -0.0928. The normalized spacial score (nSPS) is 10.4. The molecule has 0 aliphatic heterocycles. The van der Waals surface area contributed by atoms with Crippen LogP contribution in [0.15, 0.2) is 24.4 Å². The summed E-state index contributed by atoms with van der Waals surface area (Å²) in [7, 11) is 1.58. The molecule has 0 unspecified atom stereocenters. The van der Waals surface area contributed by atoms with Gasteiger partial charge in [-0.2, -0.15) is 5.10 Å². The molecule has 0 aliphatic carbocycles. The van der Waals surface area contributed by atoms with Gasteiger partial charge >= 0.3 is 0 Å². The summed E-state index contributed by atoms with van der Waals surface area (Å²) in [6.07, 6.45) is 1.93. The van der Waals surface area contributed by atoms with Crippen LogP contribution in [-0.4, -0.2) is 16.1 Å². The van der Waals surface area contributed by atoms with Crippen molar-refractivity contribution in [1.82, 2.24) is 9.78 Å². The van der Waals surface area contributed by atoms with Crippen LogP contribution in [0.25, 0.3) is 11.3 Å². The number of aldehydes is 1. The summed E-state index contributed by atoms with van der Waals surface area (Å²) in [5, 5.41) is 3.88. The van der Waals surface area contributed by atoms with Gasteiger partial charge in [0.15, 0.2) is 6.29 Å². The van der Waals surface area contributed by atoms with Gasteiger partial charge in [-0.15, -0.1) is 0 Å². The largest absolute Gasteiger partial charge is 0.298 e. The second-order valence-corrected chi connectivity index (χ2v) is 3.32. The van der Waals surface area contributed by atoms with Gasteiger partial charge in [0.1, 0.15) is 17.3 Å². The first-order valence-electron chi connectivity index (χ1n) is 4.56. The zero-order valence-corrected chi connectivity index (χ0v) is 8.45. The Bertz CT molecular complexity index is 529. The molecule has 5 heteroatoms. The summed E-state index contributed by atoms with van der Waals surface area (Å²) in [4.78, 5) is 10.7. The molecule has 1 aromatic carbocycles. The maximum Gasteiger partial charge on any atom is 0.153 e. The van der Waals surface area contributed by atoms with Crippen molar-refractivity contribution in [3.05, 3.63) is 41.6 Å². The molecular weight excluding hydrogens is 214 g/mol. The SMILES string of the molecule is Cn1cc(C=O)c(-c2c(F)cccc2F)n1. The molecule has 1 heterocycles. The van der Waals surface area contributed by atoms with Crippen LogP contribution in [0.5, 0.6) is 0 Å². The van der Waals surface area contributed by atoms with Crippen LogP contribution in [-0.2, 0) is 7.05 Å². The van der Waals surface area contributed by atoms with Crippen molar-refractivity contribution in [2.45, 2.75) is 0 Å². The topological polar surface area (TPSA) is 34.9 Å². The Morgan fingerprint density at radius 2 is 1.94 bits per heavy atom. The lowest BCUT2D eigenvalue weighted by molar-refractivity contribution is 0.112. The number of carbonyl (C=O) groups excluding carboxylic acids is 1. The first kappa shape index (κ1) is 10.5. The number of aromatic nitrogens is 2. The van der Waals surface area contributed by atoms with E-state index >= 15 is 0 Å². The van der Waals surface area contributed by atoms with E-state index in [-0.39, 0.29) is 16.8 Å². The number of carbonyl (C=O) groups is 1. The molecular formula is C11H8F2N2O. The zero-order valence-electron chi connectivity index (χ0n) is 8.45. The lowest BCUT2D eigenvalue weighted by Crippen LogP contribution is -1.94. The fourth-order valence-corrected chi connectivity index (χ4v) is 1.51. The Hall–Kier alpha value is -2.04. The molecule has 0 bridgehead atoms. The van der Waals surface area contributed by atoms with Gasteiger partial charge in [0.05, 0.1) is 11.1 Å². The fraction of sp³-hybridized carbons (Fsp3) is 0.0909. The average Bonchev–Trinajstić information content (AvgIpc) is 2.59. The fourth-order valence-electron chi connectivity index (χ4n) is 1.51. The smallest absolute Gasteiger partial charge is 0.153 e. The zero-order chi connectivity index (χ0) is 11.7. The average molecular weight is 222 g/mol. The van der Waals surface area contributed by atoms with Crippen LogP contribution in [0.4, 0.5) is 8.78 Å². The quantitative estimate of drug-likeness (QED) is 0.730. The Balaban J connectivity index is 2.71. The van der Waals surface area contributed by atoms with Crippen LogP contribution in [0.1, 0.15) is 10.4 Å². The van der Waals surface area contributed by atoms with Crippen molar-refractivity contribution in [2.24, 2.45) is 7.05 Å². The molecule has 0 radical (unpaired) electrons. The highest BCUT2D eigenvalue weighted by molar-refractivity contribution is 5.85. The van der Waals surface area contributed by atoms with Gasteiger partial charge in [-0.3, -0.25) is 9.48 Å². The van der Waals surface area contributed by atoms with E-state index in [0.717, 1.165) is 12.1 Å². The van der Waals surface area contributed by atoms with Crippen molar-refractivity contribution in [2.75, 3.05) is 0 Å². The molecule has 0 atom stereocenters. The van der Waals surface area contributed by atoms with E-state index in [0.29, 0.717) is 6.29 Å². The Morgan fingerprint density at radius 1 is 1.31 bits per heavy atom. The number of hydrogen-bond donors (Lipinski definition) is 0. The van der Waals surface area contributed by atoms with E-state index in [9.17, 15) is 13.6 Å². The summed E-state index contributed by atoms with van der Waals surface area (Å²) in [6.45, 7) is 0. The van der Waals surface area contributed by atoms with Gasteiger partial charge in [0.25, 0.3) is 0 Å². The maximum absolute atomic E-state index is 13.5. The van der Waals surface area contributed by atoms with Gasteiger partial charge in [-0.1, -0.05) is 6.07 Å². The highest BCUT2D eigenvalue weighted by Crippen LogP contribution is 2.26. The van der Waals surface area contributed by atoms with Crippen molar-refractivity contribution < 1.29 is 13.6 Å². The summed E-state index contributed by atoms with van der Waals surface area (Å²) < 4.78 is 28.3. The summed E-state index contributed by atoms with van der Waals surface area (Å²) in [5.74, 6) is -1.47. The minimum Gasteiger partial charge on any atom is -0.298 e. The van der Waals surface area contributed by atoms with Crippen LogP contribution in [0.3, 0.4) is 0 Å². The monoisotopic (exact) mass is 222 g/mol. The molecule has 2 aromatic rings. The number of nitrogens with zero attached hydrogens (tertiary/aromatic N) is 2. The maximum atomic E-state index is 13.5. The first-order chi connectivity index (χ1) is 7.63. The second-order valence-electron chi connectivity index (χ2n) is 3.32. The first-order valence-corrected chi connectivity index (χ1v) is 4.56. The number of hydrogen-bond acceptors (Lipinski definition) is 2. The third kappa shape index (κ3) is 1.60. The van der Waals surface area contributed by atoms with Crippen molar-refractivity contribution in [1.29, 1.82) is 0 Å². The number of benzene rings is 1. The third-order valence-corrected chi connectivity index (χ3v) is 2.18.